The number of aliphatic hydroxyl groups excluding tert-OH is 2. The van der Waals surface area contributed by atoms with Crippen LogP contribution in [-0.4, -0.2) is 52.9 Å². The number of hydroxylamine groups is 1. The Morgan fingerprint density at radius 2 is 1.88 bits per heavy atom. The van der Waals surface area contributed by atoms with Crippen LogP contribution in [0.5, 0.6) is 5.75 Å². The number of piperidine rings is 1. The summed E-state index contributed by atoms with van der Waals surface area (Å²) in [6, 6.07) is 16.7. The van der Waals surface area contributed by atoms with E-state index in [0.717, 1.165) is 61.3 Å². The van der Waals surface area contributed by atoms with Crippen molar-refractivity contribution >= 4 is 28.7 Å². The third-order valence-electron chi connectivity index (χ3n) is 7.16. The molecule has 0 atom stereocenters. The maximum atomic E-state index is 10.9. The molecular formula is C32H33ClN4O4. The molecule has 1 aliphatic heterocycles. The van der Waals surface area contributed by atoms with E-state index in [2.05, 4.69) is 32.1 Å². The predicted molar refractivity (Wildman–Crippen MR) is 161 cm³/mol. The van der Waals surface area contributed by atoms with Gasteiger partial charge < -0.3 is 14.9 Å². The van der Waals surface area contributed by atoms with Crippen LogP contribution in [0.3, 0.4) is 0 Å². The van der Waals surface area contributed by atoms with E-state index in [4.69, 9.17) is 22.2 Å². The van der Waals surface area contributed by atoms with Crippen molar-refractivity contribution in [2.45, 2.75) is 25.7 Å². The van der Waals surface area contributed by atoms with Crippen molar-refractivity contribution in [1.29, 1.82) is 0 Å². The van der Waals surface area contributed by atoms with Crippen LogP contribution in [0.15, 0.2) is 66.4 Å². The number of likely N-dealkylation sites (tertiary alicyclic amines) is 1. The second kappa shape index (κ2) is 13.7. The van der Waals surface area contributed by atoms with Crippen molar-refractivity contribution in [3.8, 4) is 17.6 Å². The molecule has 212 valence electrons. The lowest BCUT2D eigenvalue weighted by atomic mass is 9.89. The second-order valence-corrected chi connectivity index (χ2v) is 10.4. The highest BCUT2D eigenvalue weighted by atomic mass is 35.5. The number of rotatable bonds is 8. The average molecular weight is 573 g/mol. The fourth-order valence-electron chi connectivity index (χ4n) is 5.26. The fourth-order valence-corrected chi connectivity index (χ4v) is 5.43. The minimum atomic E-state index is -0.188. The van der Waals surface area contributed by atoms with E-state index in [9.17, 15) is 10.2 Å². The van der Waals surface area contributed by atoms with Crippen LogP contribution >= 0.6 is 11.6 Å². The van der Waals surface area contributed by atoms with Gasteiger partial charge in [0.25, 0.3) is 0 Å². The molecule has 8 nitrogen and oxygen atoms in total. The maximum Gasteiger partial charge on any atom is 0.167 e. The minimum Gasteiger partial charge on any atom is -0.504 e. The van der Waals surface area contributed by atoms with Crippen LogP contribution in [0, 0.1) is 11.8 Å². The molecule has 5 rings (SSSR count). The highest BCUT2D eigenvalue weighted by Crippen LogP contribution is 2.42. The maximum absolute atomic E-state index is 10.9. The number of pyridine rings is 1. The van der Waals surface area contributed by atoms with Crippen molar-refractivity contribution in [2.24, 2.45) is 5.90 Å². The number of benzene rings is 2. The number of ether oxygens (including phenoxy) is 1. The third kappa shape index (κ3) is 6.91. The molecule has 41 heavy (non-hydrogen) atoms. The lowest BCUT2D eigenvalue weighted by molar-refractivity contribution is 0.0425. The SMILES string of the molecule is NONCCC#Cc1ccc(OCCCN2CCCC(=C3c4ccc(Cl)cc4C(O)=C(O)c4cccnc43)C2)cc1. The molecule has 1 aromatic heterocycles. The summed E-state index contributed by atoms with van der Waals surface area (Å²) in [5.41, 5.74) is 8.18. The molecule has 0 amide bonds. The lowest BCUT2D eigenvalue weighted by Gasteiger charge is -2.30. The first-order valence-corrected chi connectivity index (χ1v) is 14.1. The van der Waals surface area contributed by atoms with Gasteiger partial charge in [-0.1, -0.05) is 29.5 Å². The molecule has 2 aromatic carbocycles. The monoisotopic (exact) mass is 572 g/mol. The minimum absolute atomic E-state index is 0.188. The van der Waals surface area contributed by atoms with Gasteiger partial charge >= 0.3 is 0 Å². The molecule has 0 unspecified atom stereocenters. The molecule has 0 saturated carbocycles. The van der Waals surface area contributed by atoms with Crippen molar-refractivity contribution in [2.75, 3.05) is 32.8 Å². The van der Waals surface area contributed by atoms with Crippen LogP contribution in [-0.2, 0) is 4.94 Å². The number of fused-ring (bicyclic) bond motifs is 2. The number of aromatic nitrogens is 1. The Labute approximate surface area is 245 Å². The number of halogens is 1. The summed E-state index contributed by atoms with van der Waals surface area (Å²) in [7, 11) is 0. The van der Waals surface area contributed by atoms with Gasteiger partial charge in [0, 0.05) is 59.5 Å². The van der Waals surface area contributed by atoms with Crippen LogP contribution in [0.25, 0.3) is 17.1 Å². The van der Waals surface area contributed by atoms with E-state index < -0.39 is 0 Å². The van der Waals surface area contributed by atoms with Crippen LogP contribution in [0.1, 0.15) is 53.6 Å². The Morgan fingerprint density at radius 1 is 1.05 bits per heavy atom. The van der Waals surface area contributed by atoms with E-state index in [1.165, 1.54) is 5.57 Å². The number of hydrogen-bond acceptors (Lipinski definition) is 8. The first-order valence-electron chi connectivity index (χ1n) is 13.7. The highest BCUT2D eigenvalue weighted by Gasteiger charge is 2.29. The van der Waals surface area contributed by atoms with Gasteiger partial charge in [0.05, 0.1) is 12.3 Å². The van der Waals surface area contributed by atoms with Crippen LogP contribution < -0.4 is 16.1 Å². The van der Waals surface area contributed by atoms with E-state index in [1.807, 2.05) is 36.4 Å². The Kier molecular flexibility index (Phi) is 9.57. The van der Waals surface area contributed by atoms with E-state index in [-0.39, 0.29) is 11.5 Å². The molecule has 5 N–H and O–H groups in total. The Hall–Kier alpha value is -3.84. The van der Waals surface area contributed by atoms with Gasteiger partial charge in [0.15, 0.2) is 11.5 Å². The number of nitrogens with two attached hydrogens (primary N) is 1. The van der Waals surface area contributed by atoms with Crippen LogP contribution in [0.4, 0.5) is 0 Å². The van der Waals surface area contributed by atoms with Gasteiger partial charge in [-0.05, 0) is 85.5 Å². The molecule has 1 fully saturated rings. The summed E-state index contributed by atoms with van der Waals surface area (Å²) in [6.07, 6.45) is 5.15. The normalized spacial score (nSPS) is 16.8. The predicted octanol–water partition coefficient (Wildman–Crippen LogP) is 5.49. The van der Waals surface area contributed by atoms with Crippen molar-refractivity contribution < 1.29 is 19.9 Å². The van der Waals surface area contributed by atoms with Gasteiger partial charge in [-0.15, -0.1) is 0 Å². The Balaban J connectivity index is 1.25. The molecule has 0 bridgehead atoms. The topological polar surface area (TPSA) is 113 Å². The van der Waals surface area contributed by atoms with Gasteiger partial charge in [0.2, 0.25) is 0 Å². The fraction of sp³-hybridized carbons (Fsp3) is 0.281. The summed E-state index contributed by atoms with van der Waals surface area (Å²) in [5.74, 6) is 11.5. The third-order valence-corrected chi connectivity index (χ3v) is 7.40. The smallest absolute Gasteiger partial charge is 0.167 e. The standard InChI is InChI=1S/C32H33ClN4O4/c33-24-11-14-26-28(20-24)32(39)31(38)27-8-3-15-35-30(27)29(26)23-7-4-17-37(21-23)18-5-19-40-25-12-9-22(10-13-25)6-1-2-16-36-41-34/h3,8-15,20,36,38-39H,2,4-5,7,16-19,21,34H2. The van der Waals surface area contributed by atoms with E-state index in [1.54, 1.807) is 24.4 Å². The number of aliphatic hydroxyl groups is 2. The first kappa shape index (κ1) is 28.7. The van der Waals surface area contributed by atoms with Gasteiger partial charge in [0.1, 0.15) is 5.75 Å². The second-order valence-electron chi connectivity index (χ2n) is 9.94. The zero-order valence-electron chi connectivity index (χ0n) is 22.7. The first-order chi connectivity index (χ1) is 20.0. The Morgan fingerprint density at radius 3 is 2.71 bits per heavy atom. The summed E-state index contributed by atoms with van der Waals surface area (Å²) in [4.78, 5) is 11.4. The summed E-state index contributed by atoms with van der Waals surface area (Å²) < 4.78 is 5.99. The molecular weight excluding hydrogens is 540 g/mol. The zero-order valence-corrected chi connectivity index (χ0v) is 23.5. The molecule has 0 radical (unpaired) electrons. The molecule has 1 saturated heterocycles. The molecule has 9 heteroatoms. The van der Waals surface area contributed by atoms with E-state index >= 15 is 0 Å². The van der Waals surface area contributed by atoms with Crippen molar-refractivity contribution in [3.63, 3.8) is 0 Å². The highest BCUT2D eigenvalue weighted by molar-refractivity contribution is 6.31. The number of hydrogen-bond donors (Lipinski definition) is 4. The molecule has 2 aliphatic rings. The molecule has 3 aromatic rings. The van der Waals surface area contributed by atoms with Gasteiger partial charge in [-0.3, -0.25) is 9.88 Å². The number of nitrogens with one attached hydrogen (secondary N) is 1. The molecule has 0 spiro atoms. The zero-order chi connectivity index (χ0) is 28.6. The number of nitrogens with zero attached hydrogens (tertiary/aromatic N) is 2. The van der Waals surface area contributed by atoms with Gasteiger partial charge in [-0.2, -0.15) is 11.4 Å². The van der Waals surface area contributed by atoms with Crippen molar-refractivity contribution in [1.82, 2.24) is 15.4 Å². The summed E-state index contributed by atoms with van der Waals surface area (Å²) >= 11 is 6.29. The van der Waals surface area contributed by atoms with Crippen LogP contribution in [0.2, 0.25) is 5.02 Å². The average Bonchev–Trinajstić information content (AvgIpc) is 3.09. The quantitative estimate of drug-likeness (QED) is 0.159. The Bertz CT molecular complexity index is 1510. The van der Waals surface area contributed by atoms with Gasteiger partial charge in [-0.25, -0.2) is 4.94 Å². The lowest BCUT2D eigenvalue weighted by Crippen LogP contribution is -2.33. The van der Waals surface area contributed by atoms with E-state index in [0.29, 0.717) is 41.4 Å². The van der Waals surface area contributed by atoms with Crippen molar-refractivity contribution in [3.05, 3.63) is 99.3 Å². The molecule has 1 aliphatic carbocycles. The summed E-state index contributed by atoms with van der Waals surface area (Å²) in [5, 5.41) is 22.4. The summed E-state index contributed by atoms with van der Waals surface area (Å²) in [6.45, 7) is 3.83. The molecule has 2 heterocycles. The largest absolute Gasteiger partial charge is 0.504 e.